The van der Waals surface area contributed by atoms with E-state index in [1.807, 2.05) is 16.9 Å². The van der Waals surface area contributed by atoms with E-state index in [1.165, 1.54) is 25.7 Å². The fraction of sp³-hybridized carbons (Fsp3) is 0.583. The Balaban J connectivity index is 1.66. The van der Waals surface area contributed by atoms with Gasteiger partial charge in [-0.05, 0) is 18.9 Å². The second-order valence-electron chi connectivity index (χ2n) is 4.84. The summed E-state index contributed by atoms with van der Waals surface area (Å²) in [5.74, 6) is 0. The van der Waals surface area contributed by atoms with Crippen molar-refractivity contribution >= 4 is 0 Å². The summed E-state index contributed by atoms with van der Waals surface area (Å²) in [6.45, 7) is 0. The summed E-state index contributed by atoms with van der Waals surface area (Å²) in [7, 11) is 0. The second kappa shape index (κ2) is 4.89. The van der Waals surface area contributed by atoms with Crippen molar-refractivity contribution < 1.29 is 5.11 Å². The number of rotatable bonds is 4. The molecule has 18 heavy (non-hydrogen) atoms. The Morgan fingerprint density at radius 3 is 3.00 bits per heavy atom. The first-order valence-corrected chi connectivity index (χ1v) is 6.40. The molecule has 0 amide bonds. The van der Waals surface area contributed by atoms with Crippen molar-refractivity contribution in [2.45, 2.75) is 44.2 Å². The molecule has 0 saturated heterocycles. The zero-order valence-electron chi connectivity index (χ0n) is 10.2. The maximum Gasteiger partial charge on any atom is 0.111 e. The van der Waals surface area contributed by atoms with Crippen LogP contribution in [-0.2, 0) is 6.42 Å². The van der Waals surface area contributed by atoms with Crippen LogP contribution in [0.5, 0.6) is 0 Å². The maximum atomic E-state index is 9.97. The molecule has 0 radical (unpaired) electrons. The first-order chi connectivity index (χ1) is 8.83. The van der Waals surface area contributed by atoms with Gasteiger partial charge in [0.05, 0.1) is 17.9 Å². The third-order valence-corrected chi connectivity index (χ3v) is 3.54. The molecule has 0 spiro atoms. The van der Waals surface area contributed by atoms with Crippen LogP contribution in [0.2, 0.25) is 0 Å². The van der Waals surface area contributed by atoms with Crippen molar-refractivity contribution in [1.82, 2.24) is 25.2 Å². The number of nitrogens with one attached hydrogen (secondary N) is 1. The van der Waals surface area contributed by atoms with Gasteiger partial charge in [-0.25, -0.2) is 0 Å². The normalized spacial score (nSPS) is 18.3. The fourth-order valence-corrected chi connectivity index (χ4v) is 2.53. The zero-order valence-corrected chi connectivity index (χ0v) is 10.2. The van der Waals surface area contributed by atoms with Crippen LogP contribution in [0, 0.1) is 0 Å². The van der Waals surface area contributed by atoms with Gasteiger partial charge in [0.25, 0.3) is 0 Å². The lowest BCUT2D eigenvalue weighted by Crippen LogP contribution is -2.07. The van der Waals surface area contributed by atoms with E-state index in [0.717, 1.165) is 5.69 Å². The third kappa shape index (κ3) is 2.28. The molecule has 1 fully saturated rings. The monoisotopic (exact) mass is 247 g/mol. The highest BCUT2D eigenvalue weighted by Gasteiger charge is 2.19. The molecule has 2 aromatic heterocycles. The van der Waals surface area contributed by atoms with Gasteiger partial charge in [-0.3, -0.25) is 4.68 Å². The molecule has 2 heterocycles. The van der Waals surface area contributed by atoms with Gasteiger partial charge in [0.1, 0.15) is 11.8 Å². The van der Waals surface area contributed by atoms with Crippen molar-refractivity contribution in [1.29, 1.82) is 0 Å². The number of aliphatic hydroxyl groups is 1. The minimum atomic E-state index is -0.643. The maximum absolute atomic E-state index is 9.97. The largest absolute Gasteiger partial charge is 0.386 e. The van der Waals surface area contributed by atoms with Gasteiger partial charge in [0.15, 0.2) is 0 Å². The molecule has 0 bridgehead atoms. The lowest BCUT2D eigenvalue weighted by Gasteiger charge is -2.09. The Morgan fingerprint density at radius 1 is 1.44 bits per heavy atom. The van der Waals surface area contributed by atoms with E-state index in [1.54, 1.807) is 6.20 Å². The number of nitrogens with zero attached hydrogens (tertiary/aromatic N) is 4. The minimum absolute atomic E-state index is 0.478. The Labute approximate surface area is 105 Å². The lowest BCUT2D eigenvalue weighted by molar-refractivity contribution is 0.172. The Morgan fingerprint density at radius 2 is 2.28 bits per heavy atom. The molecule has 0 aliphatic heterocycles. The summed E-state index contributed by atoms with van der Waals surface area (Å²) in [4.78, 5) is 0. The number of hydrogen-bond acceptors (Lipinski definition) is 4. The number of aromatic amines is 1. The van der Waals surface area contributed by atoms with Gasteiger partial charge in [0, 0.05) is 12.6 Å². The van der Waals surface area contributed by atoms with Crippen LogP contribution < -0.4 is 0 Å². The molecule has 6 nitrogen and oxygen atoms in total. The van der Waals surface area contributed by atoms with Crippen LogP contribution in [0.3, 0.4) is 0 Å². The van der Waals surface area contributed by atoms with Gasteiger partial charge in [-0.2, -0.15) is 20.5 Å². The molecule has 0 aromatic carbocycles. The molecule has 96 valence electrons. The Hall–Kier alpha value is -1.69. The summed E-state index contributed by atoms with van der Waals surface area (Å²) in [5, 5.41) is 24.6. The van der Waals surface area contributed by atoms with E-state index in [4.69, 9.17) is 0 Å². The van der Waals surface area contributed by atoms with Gasteiger partial charge < -0.3 is 5.11 Å². The summed E-state index contributed by atoms with van der Waals surface area (Å²) in [6, 6.07) is 2.52. The first kappa shape index (κ1) is 11.4. The van der Waals surface area contributed by atoms with Crippen molar-refractivity contribution in [2.24, 2.45) is 0 Å². The molecule has 1 aliphatic carbocycles. The molecule has 1 unspecified atom stereocenters. The van der Waals surface area contributed by atoms with Gasteiger partial charge in [0.2, 0.25) is 0 Å². The highest BCUT2D eigenvalue weighted by atomic mass is 16.3. The van der Waals surface area contributed by atoms with E-state index in [2.05, 4.69) is 20.5 Å². The summed E-state index contributed by atoms with van der Waals surface area (Å²) in [6.07, 6.45) is 8.41. The number of H-pyrrole nitrogens is 1. The van der Waals surface area contributed by atoms with Crippen molar-refractivity contribution in [3.63, 3.8) is 0 Å². The Bertz CT molecular complexity index is 486. The van der Waals surface area contributed by atoms with Crippen molar-refractivity contribution in [3.8, 4) is 0 Å². The molecule has 6 heteroatoms. The SMILES string of the molecule is OC(Cc1ccn(C2CCCC2)n1)c1cn[nH]n1. The van der Waals surface area contributed by atoms with Crippen LogP contribution in [-0.4, -0.2) is 30.3 Å². The van der Waals surface area contributed by atoms with Crippen LogP contribution in [0.4, 0.5) is 0 Å². The van der Waals surface area contributed by atoms with Crippen LogP contribution in [0.1, 0.15) is 49.2 Å². The highest BCUT2D eigenvalue weighted by Crippen LogP contribution is 2.29. The van der Waals surface area contributed by atoms with Gasteiger partial charge in [-0.1, -0.05) is 12.8 Å². The van der Waals surface area contributed by atoms with Gasteiger partial charge >= 0.3 is 0 Å². The first-order valence-electron chi connectivity index (χ1n) is 6.40. The van der Waals surface area contributed by atoms with E-state index < -0.39 is 6.10 Å². The van der Waals surface area contributed by atoms with Crippen LogP contribution in [0.25, 0.3) is 0 Å². The molecule has 3 rings (SSSR count). The van der Waals surface area contributed by atoms with E-state index in [0.29, 0.717) is 18.2 Å². The summed E-state index contributed by atoms with van der Waals surface area (Å²) in [5.41, 5.74) is 1.46. The predicted octanol–water partition coefficient (Wildman–Crippen LogP) is 1.39. The number of aliphatic hydroxyl groups excluding tert-OH is 1. The van der Waals surface area contributed by atoms with Crippen LogP contribution >= 0.6 is 0 Å². The number of hydrogen-bond donors (Lipinski definition) is 2. The smallest absolute Gasteiger partial charge is 0.111 e. The topological polar surface area (TPSA) is 79.6 Å². The standard InChI is InChI=1S/C12H17N5O/c18-12(11-8-13-16-14-11)7-9-5-6-17(15-9)10-3-1-2-4-10/h5-6,8,10,12,18H,1-4,7H2,(H,13,14,16). The van der Waals surface area contributed by atoms with Crippen LogP contribution in [0.15, 0.2) is 18.5 Å². The lowest BCUT2D eigenvalue weighted by atomic mass is 10.1. The molecule has 1 atom stereocenters. The van der Waals surface area contributed by atoms with E-state index in [-0.39, 0.29) is 0 Å². The average Bonchev–Trinajstić information content (AvgIpc) is 3.12. The third-order valence-electron chi connectivity index (χ3n) is 3.54. The summed E-state index contributed by atoms with van der Waals surface area (Å²) < 4.78 is 2.04. The van der Waals surface area contributed by atoms with Crippen molar-refractivity contribution in [2.75, 3.05) is 0 Å². The zero-order chi connectivity index (χ0) is 12.4. The highest BCUT2D eigenvalue weighted by molar-refractivity contribution is 5.06. The fourth-order valence-electron chi connectivity index (χ4n) is 2.53. The van der Waals surface area contributed by atoms with Crippen molar-refractivity contribution in [3.05, 3.63) is 29.8 Å². The molecule has 2 aromatic rings. The van der Waals surface area contributed by atoms with E-state index >= 15 is 0 Å². The summed E-state index contributed by atoms with van der Waals surface area (Å²) >= 11 is 0. The second-order valence-corrected chi connectivity index (χ2v) is 4.84. The quantitative estimate of drug-likeness (QED) is 0.855. The van der Waals surface area contributed by atoms with Gasteiger partial charge in [-0.15, -0.1) is 0 Å². The molecule has 1 aliphatic rings. The molecule has 2 N–H and O–H groups in total. The predicted molar refractivity (Wildman–Crippen MR) is 64.8 cm³/mol. The Kier molecular flexibility index (Phi) is 3.10. The molecular weight excluding hydrogens is 230 g/mol. The molecular formula is C12H17N5O. The van der Waals surface area contributed by atoms with E-state index in [9.17, 15) is 5.11 Å². The minimum Gasteiger partial charge on any atom is -0.386 e. The number of aromatic nitrogens is 5. The molecule has 1 saturated carbocycles. The average molecular weight is 247 g/mol.